The van der Waals surface area contributed by atoms with Gasteiger partial charge in [0.2, 0.25) is 0 Å². The Morgan fingerprint density at radius 3 is 1.37 bits per heavy atom. The standard InChI is InChI=1S/C20H16.2C3H5.Zr/c1-2-6-18-12-15(11-17(18)5-1)9-10-16-13-19-7-3-4-8-20(19)14-16;2*1-3-2;/h1-8,11-14H,9-10H2;2*3H,1-2H2;/q-2;2*-1;+4. The van der Waals surface area contributed by atoms with Crippen LogP contribution in [0.2, 0.25) is 0 Å². The van der Waals surface area contributed by atoms with Gasteiger partial charge in [0, 0.05) is 0 Å². The number of benzene rings is 2. The summed E-state index contributed by atoms with van der Waals surface area (Å²) in [5.41, 5.74) is 2.88. The number of hydrogen-bond donors (Lipinski definition) is 0. The summed E-state index contributed by atoms with van der Waals surface area (Å²) in [5, 5.41) is 5.43. The van der Waals surface area contributed by atoms with Crippen molar-refractivity contribution in [2.75, 3.05) is 0 Å². The molecule has 4 rings (SSSR count). The molecule has 0 saturated heterocycles. The molecule has 0 nitrogen and oxygen atoms in total. The minimum atomic E-state index is 0. The zero-order valence-electron chi connectivity index (χ0n) is 15.8. The van der Waals surface area contributed by atoms with E-state index in [2.05, 4.69) is 99.8 Å². The molecule has 0 heterocycles. The molecule has 0 amide bonds. The van der Waals surface area contributed by atoms with Crippen molar-refractivity contribution in [1.29, 1.82) is 0 Å². The predicted octanol–water partition coefficient (Wildman–Crippen LogP) is 7.23. The first kappa shape index (κ1) is 22.8. The van der Waals surface area contributed by atoms with E-state index < -0.39 is 0 Å². The maximum Gasteiger partial charge on any atom is 4.00 e. The average molecular weight is 430 g/mol. The van der Waals surface area contributed by atoms with Gasteiger partial charge in [-0.2, -0.15) is 12.1 Å². The molecule has 4 aromatic rings. The fourth-order valence-electron chi connectivity index (χ4n) is 3.01. The molecule has 0 aromatic heterocycles. The molecule has 0 atom stereocenters. The smallest absolute Gasteiger partial charge is 0.245 e. The Morgan fingerprint density at radius 2 is 1.04 bits per heavy atom. The van der Waals surface area contributed by atoms with Crippen LogP contribution in [0.5, 0.6) is 0 Å². The molecule has 4 aromatic carbocycles. The quantitative estimate of drug-likeness (QED) is 0.301. The van der Waals surface area contributed by atoms with Crippen molar-refractivity contribution in [3.8, 4) is 0 Å². The Bertz CT molecular complexity index is 806. The summed E-state index contributed by atoms with van der Waals surface area (Å²) in [6.45, 7) is 13.0. The van der Waals surface area contributed by atoms with Gasteiger partial charge in [-0.05, 0) is 12.8 Å². The van der Waals surface area contributed by atoms with Gasteiger partial charge in [0.15, 0.2) is 0 Å². The SMILES string of the molecule is C=C[CH2-].C=C[CH2-].[Zr+4].c1ccc2[cH-]c(CCc3cc4ccccc4[cH-]3)cc2c1. The molecule has 27 heavy (non-hydrogen) atoms. The first-order valence-corrected chi connectivity index (χ1v) is 8.80. The molecular formula is C26H26Zr. The summed E-state index contributed by atoms with van der Waals surface area (Å²) < 4.78 is 0. The number of fused-ring (bicyclic) bond motifs is 2. The van der Waals surface area contributed by atoms with Gasteiger partial charge >= 0.3 is 26.2 Å². The molecule has 0 saturated carbocycles. The minimum absolute atomic E-state index is 0. The van der Waals surface area contributed by atoms with Gasteiger partial charge in [0.1, 0.15) is 0 Å². The van der Waals surface area contributed by atoms with Gasteiger partial charge < -0.3 is 0 Å². The molecule has 0 aliphatic heterocycles. The maximum absolute atomic E-state index is 3.25. The fraction of sp³-hybridized carbons (Fsp3) is 0.0769. The maximum atomic E-state index is 3.25. The third-order valence-electron chi connectivity index (χ3n) is 4.06. The average Bonchev–Trinajstić information content (AvgIpc) is 3.24. The minimum Gasteiger partial charge on any atom is -0.245 e. The summed E-state index contributed by atoms with van der Waals surface area (Å²) in [4.78, 5) is 0. The number of hydrogen-bond acceptors (Lipinski definition) is 0. The van der Waals surface area contributed by atoms with Crippen LogP contribution in [0.3, 0.4) is 0 Å². The Hall–Kier alpha value is -2.24. The van der Waals surface area contributed by atoms with Gasteiger partial charge in [-0.3, -0.25) is 0 Å². The van der Waals surface area contributed by atoms with Crippen LogP contribution in [0, 0.1) is 13.8 Å². The summed E-state index contributed by atoms with van der Waals surface area (Å²) in [7, 11) is 0. The van der Waals surface area contributed by atoms with Gasteiger partial charge in [0.25, 0.3) is 0 Å². The Morgan fingerprint density at radius 1 is 0.704 bits per heavy atom. The number of aryl methyl sites for hydroxylation is 2. The van der Waals surface area contributed by atoms with Crippen molar-refractivity contribution in [2.24, 2.45) is 0 Å². The van der Waals surface area contributed by atoms with E-state index in [-0.39, 0.29) is 26.2 Å². The molecule has 0 unspecified atom stereocenters. The Kier molecular flexibility index (Phi) is 10.3. The molecule has 134 valence electrons. The van der Waals surface area contributed by atoms with E-state index in [1.54, 1.807) is 0 Å². The van der Waals surface area contributed by atoms with E-state index in [1.165, 1.54) is 44.8 Å². The fourth-order valence-corrected chi connectivity index (χ4v) is 3.01. The van der Waals surface area contributed by atoms with E-state index in [0.29, 0.717) is 0 Å². The Balaban J connectivity index is 0.000000466. The monoisotopic (exact) mass is 428 g/mol. The van der Waals surface area contributed by atoms with E-state index in [9.17, 15) is 0 Å². The van der Waals surface area contributed by atoms with Gasteiger partial charge in [-0.15, -0.1) is 81.2 Å². The summed E-state index contributed by atoms with van der Waals surface area (Å²) in [5.74, 6) is 0. The van der Waals surface area contributed by atoms with Crippen molar-refractivity contribution >= 4 is 21.5 Å². The third-order valence-corrected chi connectivity index (χ3v) is 4.06. The Labute approximate surface area is 183 Å². The molecule has 0 bridgehead atoms. The zero-order valence-corrected chi connectivity index (χ0v) is 18.3. The van der Waals surface area contributed by atoms with Crippen LogP contribution < -0.4 is 0 Å². The summed E-state index contributed by atoms with van der Waals surface area (Å²) >= 11 is 0. The van der Waals surface area contributed by atoms with Crippen LogP contribution in [0.25, 0.3) is 21.5 Å². The van der Waals surface area contributed by atoms with Crippen LogP contribution in [0.15, 0.2) is 98.1 Å². The van der Waals surface area contributed by atoms with Crippen LogP contribution in [-0.4, -0.2) is 0 Å². The predicted molar refractivity (Wildman–Crippen MR) is 118 cm³/mol. The van der Waals surface area contributed by atoms with Crippen molar-refractivity contribution in [1.82, 2.24) is 0 Å². The first-order valence-electron chi connectivity index (χ1n) is 8.80. The molecule has 1 heteroatoms. The van der Waals surface area contributed by atoms with Gasteiger partial charge in [0.05, 0.1) is 0 Å². The zero-order chi connectivity index (χ0) is 18.8. The second-order valence-electron chi connectivity index (χ2n) is 6.06. The first-order chi connectivity index (χ1) is 12.7. The second-order valence-corrected chi connectivity index (χ2v) is 6.06. The number of allylic oxidation sites excluding steroid dienone is 2. The van der Waals surface area contributed by atoms with Crippen molar-refractivity contribution in [3.05, 3.63) is 123 Å². The second kappa shape index (κ2) is 12.2. The summed E-state index contributed by atoms with van der Waals surface area (Å²) in [6.07, 6.45) is 5.23. The van der Waals surface area contributed by atoms with Gasteiger partial charge in [-0.1, -0.05) is 12.1 Å². The molecule has 0 radical (unpaired) electrons. The largest absolute Gasteiger partial charge is 4.00 e. The van der Waals surface area contributed by atoms with Crippen LogP contribution in [-0.2, 0) is 39.0 Å². The van der Waals surface area contributed by atoms with Crippen molar-refractivity contribution < 1.29 is 26.2 Å². The van der Waals surface area contributed by atoms with Gasteiger partial charge in [-0.25, -0.2) is 39.2 Å². The molecule has 0 N–H and O–H groups in total. The van der Waals surface area contributed by atoms with Crippen molar-refractivity contribution in [2.45, 2.75) is 12.8 Å². The van der Waals surface area contributed by atoms with Crippen LogP contribution in [0.4, 0.5) is 0 Å². The third kappa shape index (κ3) is 6.77. The van der Waals surface area contributed by atoms with Crippen LogP contribution >= 0.6 is 0 Å². The van der Waals surface area contributed by atoms with E-state index in [1.807, 2.05) is 0 Å². The van der Waals surface area contributed by atoms with E-state index in [0.717, 1.165) is 12.8 Å². The normalized spacial score (nSPS) is 9.33. The number of rotatable bonds is 3. The van der Waals surface area contributed by atoms with Crippen LogP contribution in [0.1, 0.15) is 11.1 Å². The molecule has 0 fully saturated rings. The molecule has 0 aliphatic carbocycles. The molecule has 0 aliphatic rings. The van der Waals surface area contributed by atoms with E-state index in [4.69, 9.17) is 0 Å². The van der Waals surface area contributed by atoms with E-state index >= 15 is 0 Å². The van der Waals surface area contributed by atoms with Crippen molar-refractivity contribution in [3.63, 3.8) is 0 Å². The topological polar surface area (TPSA) is 0 Å². The molecular weight excluding hydrogens is 404 g/mol. The molecule has 0 spiro atoms. The summed E-state index contributed by atoms with van der Waals surface area (Å²) in [6, 6.07) is 26.5.